The molecule has 0 atom stereocenters. The summed E-state index contributed by atoms with van der Waals surface area (Å²) in [5, 5.41) is 18.4. The molecule has 144 valence electrons. The van der Waals surface area contributed by atoms with Crippen molar-refractivity contribution in [1.82, 2.24) is 0 Å². The molecule has 3 rings (SSSR count). The van der Waals surface area contributed by atoms with Gasteiger partial charge in [0.25, 0.3) is 0 Å². The van der Waals surface area contributed by atoms with Crippen LogP contribution in [-0.4, -0.2) is 36.7 Å². The van der Waals surface area contributed by atoms with Crippen LogP contribution in [0.25, 0.3) is 0 Å². The molecular weight excluding hydrogens is 356 g/mol. The summed E-state index contributed by atoms with van der Waals surface area (Å²) in [6.45, 7) is 1.81. The third-order valence-electron chi connectivity index (χ3n) is 4.78. The molecule has 0 bridgehead atoms. The number of anilines is 1. The van der Waals surface area contributed by atoms with Gasteiger partial charge in [-0.25, -0.2) is 4.79 Å². The van der Waals surface area contributed by atoms with Gasteiger partial charge in [-0.1, -0.05) is 24.3 Å². The highest BCUT2D eigenvalue weighted by Crippen LogP contribution is 2.33. The summed E-state index contributed by atoms with van der Waals surface area (Å²) in [5.41, 5.74) is 4.01. The van der Waals surface area contributed by atoms with Crippen molar-refractivity contribution < 1.29 is 19.4 Å². The minimum Gasteiger partial charge on any atom is -0.481 e. The van der Waals surface area contributed by atoms with Crippen LogP contribution >= 0.6 is 0 Å². The third kappa shape index (κ3) is 4.68. The number of carbonyl (C=O) groups excluding carboxylic acids is 1. The molecule has 2 aromatic rings. The van der Waals surface area contributed by atoms with Crippen LogP contribution in [0.2, 0.25) is 0 Å². The van der Waals surface area contributed by atoms with Crippen molar-refractivity contribution in [3.05, 3.63) is 64.7 Å². The van der Waals surface area contributed by atoms with Crippen LogP contribution in [0.3, 0.4) is 0 Å². The van der Waals surface area contributed by atoms with Crippen LogP contribution in [-0.2, 0) is 22.4 Å². The molecular formula is C22H22N2O4. The van der Waals surface area contributed by atoms with Gasteiger partial charge in [0.2, 0.25) is 0 Å². The maximum Gasteiger partial charge on any atom is 0.338 e. The SMILES string of the molecule is N#Cc1cc(CCC(=O)O)cc2c1N(CCCOC(=O)c1ccccc1)CC2. The second-order valence-corrected chi connectivity index (χ2v) is 6.75. The van der Waals surface area contributed by atoms with Gasteiger partial charge in [0.1, 0.15) is 6.07 Å². The Morgan fingerprint density at radius 3 is 2.71 bits per heavy atom. The maximum absolute atomic E-state index is 12.0. The number of esters is 1. The largest absolute Gasteiger partial charge is 0.481 e. The second kappa shape index (κ2) is 9.05. The first-order chi connectivity index (χ1) is 13.6. The van der Waals surface area contributed by atoms with E-state index in [-0.39, 0.29) is 12.4 Å². The predicted molar refractivity (Wildman–Crippen MR) is 104 cm³/mol. The first-order valence-electron chi connectivity index (χ1n) is 9.33. The topological polar surface area (TPSA) is 90.6 Å². The van der Waals surface area contributed by atoms with E-state index in [1.807, 2.05) is 12.1 Å². The lowest BCUT2D eigenvalue weighted by Gasteiger charge is -2.20. The maximum atomic E-state index is 12.0. The number of ether oxygens (including phenoxy) is 1. The average Bonchev–Trinajstić information content (AvgIpc) is 3.12. The number of nitrogens with zero attached hydrogens (tertiary/aromatic N) is 2. The lowest BCUT2D eigenvalue weighted by atomic mass is 10.0. The quantitative estimate of drug-likeness (QED) is 0.560. The van der Waals surface area contributed by atoms with Crippen LogP contribution in [0.5, 0.6) is 0 Å². The minimum absolute atomic E-state index is 0.0557. The zero-order valence-electron chi connectivity index (χ0n) is 15.6. The molecule has 0 aromatic heterocycles. The number of aliphatic carboxylic acids is 1. The summed E-state index contributed by atoms with van der Waals surface area (Å²) in [6.07, 6.45) is 1.98. The van der Waals surface area contributed by atoms with Crippen molar-refractivity contribution in [2.24, 2.45) is 0 Å². The Hall–Kier alpha value is -3.33. The van der Waals surface area contributed by atoms with E-state index >= 15 is 0 Å². The summed E-state index contributed by atoms with van der Waals surface area (Å²) < 4.78 is 5.32. The van der Waals surface area contributed by atoms with Crippen molar-refractivity contribution in [2.75, 3.05) is 24.6 Å². The van der Waals surface area contributed by atoms with Gasteiger partial charge in [-0.15, -0.1) is 0 Å². The monoisotopic (exact) mass is 378 g/mol. The molecule has 0 unspecified atom stereocenters. The van der Waals surface area contributed by atoms with Gasteiger partial charge in [-0.3, -0.25) is 4.79 Å². The van der Waals surface area contributed by atoms with E-state index in [4.69, 9.17) is 9.84 Å². The number of benzene rings is 2. The number of rotatable bonds is 8. The van der Waals surface area contributed by atoms with Gasteiger partial charge in [0.05, 0.1) is 23.4 Å². The van der Waals surface area contributed by atoms with E-state index in [1.165, 1.54) is 0 Å². The molecule has 0 saturated carbocycles. The fourth-order valence-electron chi connectivity index (χ4n) is 3.47. The first-order valence-corrected chi connectivity index (χ1v) is 9.33. The van der Waals surface area contributed by atoms with Crippen molar-refractivity contribution in [2.45, 2.75) is 25.7 Å². The van der Waals surface area contributed by atoms with Gasteiger partial charge in [-0.05, 0) is 48.6 Å². The first kappa shape index (κ1) is 19.4. The van der Waals surface area contributed by atoms with Crippen LogP contribution < -0.4 is 4.90 Å². The minimum atomic E-state index is -0.842. The van der Waals surface area contributed by atoms with Gasteiger partial charge in [0, 0.05) is 19.5 Å². The number of fused-ring (bicyclic) bond motifs is 1. The highest BCUT2D eigenvalue weighted by atomic mass is 16.5. The van der Waals surface area contributed by atoms with E-state index < -0.39 is 5.97 Å². The van der Waals surface area contributed by atoms with Crippen molar-refractivity contribution in [3.8, 4) is 6.07 Å². The summed E-state index contributed by atoms with van der Waals surface area (Å²) in [6, 6.07) is 14.9. The Balaban J connectivity index is 1.57. The molecule has 1 aliphatic rings. The van der Waals surface area contributed by atoms with Gasteiger partial charge in [-0.2, -0.15) is 5.26 Å². The third-order valence-corrected chi connectivity index (χ3v) is 4.78. The zero-order valence-corrected chi connectivity index (χ0v) is 15.6. The molecule has 1 aliphatic heterocycles. The molecule has 2 aromatic carbocycles. The molecule has 6 heteroatoms. The predicted octanol–water partition coefficient (Wildman–Crippen LogP) is 3.19. The Kier molecular flexibility index (Phi) is 6.28. The molecule has 1 N–H and O–H groups in total. The number of carboxylic acids is 1. The molecule has 0 aliphatic carbocycles. The summed E-state index contributed by atoms with van der Waals surface area (Å²) >= 11 is 0. The molecule has 0 radical (unpaired) electrons. The molecule has 1 heterocycles. The highest BCUT2D eigenvalue weighted by molar-refractivity contribution is 5.89. The summed E-state index contributed by atoms with van der Waals surface area (Å²) in [7, 11) is 0. The van der Waals surface area contributed by atoms with Gasteiger partial charge < -0.3 is 14.7 Å². The Morgan fingerprint density at radius 2 is 2.00 bits per heavy atom. The van der Waals surface area contributed by atoms with Crippen LogP contribution in [0, 0.1) is 11.3 Å². The molecule has 6 nitrogen and oxygen atoms in total. The fourth-order valence-corrected chi connectivity index (χ4v) is 3.47. The summed E-state index contributed by atoms with van der Waals surface area (Å²) in [5.74, 6) is -1.17. The molecule has 0 fully saturated rings. The number of aryl methyl sites for hydroxylation is 1. The van der Waals surface area contributed by atoms with Crippen molar-refractivity contribution in [1.29, 1.82) is 5.26 Å². The van der Waals surface area contributed by atoms with Crippen LogP contribution in [0.4, 0.5) is 5.69 Å². The Labute approximate surface area is 164 Å². The smallest absolute Gasteiger partial charge is 0.338 e. The molecule has 0 saturated heterocycles. The standard InChI is InChI=1S/C22H22N2O4/c23-15-19-14-16(7-8-20(25)26)13-18-9-11-24(21(18)19)10-4-12-28-22(27)17-5-2-1-3-6-17/h1-3,5-6,13-14H,4,7-12H2,(H,25,26). The fraction of sp³-hybridized carbons (Fsp3) is 0.318. The molecule has 28 heavy (non-hydrogen) atoms. The molecule has 0 spiro atoms. The van der Waals surface area contributed by atoms with E-state index in [0.29, 0.717) is 37.1 Å². The normalized spacial score (nSPS) is 12.3. The lowest BCUT2D eigenvalue weighted by Crippen LogP contribution is -2.24. The number of carboxylic acid groups (broad SMARTS) is 1. The number of hydrogen-bond donors (Lipinski definition) is 1. The van der Waals surface area contributed by atoms with Crippen molar-refractivity contribution in [3.63, 3.8) is 0 Å². The molecule has 0 amide bonds. The van der Waals surface area contributed by atoms with E-state index in [0.717, 1.165) is 29.8 Å². The Bertz CT molecular complexity index is 903. The average molecular weight is 378 g/mol. The van der Waals surface area contributed by atoms with Gasteiger partial charge in [0.15, 0.2) is 0 Å². The Morgan fingerprint density at radius 1 is 1.21 bits per heavy atom. The van der Waals surface area contributed by atoms with E-state index in [1.54, 1.807) is 30.3 Å². The van der Waals surface area contributed by atoms with Crippen molar-refractivity contribution >= 4 is 17.6 Å². The lowest BCUT2D eigenvalue weighted by molar-refractivity contribution is -0.136. The van der Waals surface area contributed by atoms with Crippen LogP contribution in [0.1, 0.15) is 39.9 Å². The number of nitriles is 1. The van der Waals surface area contributed by atoms with E-state index in [2.05, 4.69) is 11.0 Å². The zero-order chi connectivity index (χ0) is 19.9. The second-order valence-electron chi connectivity index (χ2n) is 6.75. The highest BCUT2D eigenvalue weighted by Gasteiger charge is 2.23. The number of carbonyl (C=O) groups is 2. The van der Waals surface area contributed by atoms with Gasteiger partial charge >= 0.3 is 11.9 Å². The van der Waals surface area contributed by atoms with Crippen LogP contribution in [0.15, 0.2) is 42.5 Å². The summed E-state index contributed by atoms with van der Waals surface area (Å²) in [4.78, 5) is 24.9. The number of hydrogen-bond acceptors (Lipinski definition) is 5. The van der Waals surface area contributed by atoms with E-state index in [9.17, 15) is 14.9 Å².